The number of carbonyl (C=O) groups is 2. The Morgan fingerprint density at radius 1 is 0.848 bits per heavy atom. The number of rotatable bonds is 8. The number of imide groups is 1. The molecule has 4 rings (SSSR count). The van der Waals surface area contributed by atoms with Crippen molar-refractivity contribution in [1.82, 2.24) is 14.7 Å². The third kappa shape index (κ3) is 4.59. The molecule has 2 amide bonds. The van der Waals surface area contributed by atoms with Crippen LogP contribution in [0.15, 0.2) is 54.2 Å². The SMILES string of the molecule is CCCN1C(=O)C(c2ccc(OC)c(OC)c2)=C(N2CCN(Cc3ccccc3)CC2)C1=O. The quantitative estimate of drug-likeness (QED) is 0.578. The molecule has 0 aliphatic carbocycles. The highest BCUT2D eigenvalue weighted by Crippen LogP contribution is 2.36. The molecule has 0 unspecified atom stereocenters. The molecule has 2 aromatic rings. The maximum Gasteiger partial charge on any atom is 0.277 e. The van der Waals surface area contributed by atoms with Gasteiger partial charge in [-0.2, -0.15) is 0 Å². The van der Waals surface area contributed by atoms with Gasteiger partial charge in [-0.05, 0) is 29.7 Å². The molecule has 2 heterocycles. The van der Waals surface area contributed by atoms with Crippen molar-refractivity contribution in [3.05, 3.63) is 65.4 Å². The second kappa shape index (κ2) is 10.1. The van der Waals surface area contributed by atoms with Gasteiger partial charge in [-0.25, -0.2) is 0 Å². The minimum atomic E-state index is -0.240. The van der Waals surface area contributed by atoms with E-state index in [0.29, 0.717) is 48.0 Å². The smallest absolute Gasteiger partial charge is 0.277 e. The maximum absolute atomic E-state index is 13.4. The van der Waals surface area contributed by atoms with Gasteiger partial charge >= 0.3 is 0 Å². The van der Waals surface area contributed by atoms with Crippen molar-refractivity contribution in [2.24, 2.45) is 0 Å². The Hall–Kier alpha value is -3.32. The van der Waals surface area contributed by atoms with E-state index in [2.05, 4.69) is 34.1 Å². The molecular weight excluding hydrogens is 418 g/mol. The predicted octanol–water partition coefficient (Wildman–Crippen LogP) is 3.01. The molecule has 0 saturated carbocycles. The van der Waals surface area contributed by atoms with Crippen LogP contribution in [0.5, 0.6) is 11.5 Å². The van der Waals surface area contributed by atoms with Crippen LogP contribution in [0, 0.1) is 0 Å². The summed E-state index contributed by atoms with van der Waals surface area (Å²) in [5.74, 6) is 0.669. The molecule has 33 heavy (non-hydrogen) atoms. The summed E-state index contributed by atoms with van der Waals surface area (Å²) in [5, 5.41) is 0. The predicted molar refractivity (Wildman–Crippen MR) is 127 cm³/mol. The van der Waals surface area contributed by atoms with Gasteiger partial charge in [0.15, 0.2) is 11.5 Å². The van der Waals surface area contributed by atoms with Crippen molar-refractivity contribution >= 4 is 17.4 Å². The summed E-state index contributed by atoms with van der Waals surface area (Å²) in [5.41, 5.74) is 2.90. The molecule has 7 nitrogen and oxygen atoms in total. The third-order valence-electron chi connectivity index (χ3n) is 6.20. The Bertz CT molecular complexity index is 1040. The zero-order valence-electron chi connectivity index (χ0n) is 19.5. The summed E-state index contributed by atoms with van der Waals surface area (Å²) in [7, 11) is 3.14. The van der Waals surface area contributed by atoms with Crippen molar-refractivity contribution in [3.8, 4) is 11.5 Å². The van der Waals surface area contributed by atoms with Gasteiger partial charge in [0.2, 0.25) is 0 Å². The number of piperazine rings is 1. The van der Waals surface area contributed by atoms with Gasteiger partial charge in [-0.3, -0.25) is 19.4 Å². The lowest BCUT2D eigenvalue weighted by Gasteiger charge is -2.36. The molecule has 0 radical (unpaired) electrons. The Morgan fingerprint density at radius 3 is 2.18 bits per heavy atom. The van der Waals surface area contributed by atoms with E-state index >= 15 is 0 Å². The number of ether oxygens (including phenoxy) is 2. The van der Waals surface area contributed by atoms with Gasteiger partial charge in [0, 0.05) is 39.3 Å². The molecule has 0 N–H and O–H groups in total. The van der Waals surface area contributed by atoms with E-state index in [4.69, 9.17) is 9.47 Å². The summed E-state index contributed by atoms with van der Waals surface area (Å²) in [6.07, 6.45) is 0.717. The van der Waals surface area contributed by atoms with Crippen LogP contribution in [0.1, 0.15) is 24.5 Å². The zero-order chi connectivity index (χ0) is 23.4. The number of benzene rings is 2. The molecular formula is C26H31N3O4. The van der Waals surface area contributed by atoms with Crippen LogP contribution in [0.25, 0.3) is 5.57 Å². The fourth-order valence-electron chi connectivity index (χ4n) is 4.51. The first-order valence-corrected chi connectivity index (χ1v) is 11.4. The lowest BCUT2D eigenvalue weighted by atomic mass is 10.0. The lowest BCUT2D eigenvalue weighted by molar-refractivity contribution is -0.137. The molecule has 0 atom stereocenters. The Kier molecular flexibility index (Phi) is 6.99. The van der Waals surface area contributed by atoms with Crippen LogP contribution in [0.3, 0.4) is 0 Å². The number of methoxy groups -OCH3 is 2. The van der Waals surface area contributed by atoms with E-state index in [9.17, 15) is 9.59 Å². The fraction of sp³-hybridized carbons (Fsp3) is 0.385. The van der Waals surface area contributed by atoms with Crippen molar-refractivity contribution in [2.45, 2.75) is 19.9 Å². The van der Waals surface area contributed by atoms with Gasteiger partial charge in [0.1, 0.15) is 5.70 Å². The summed E-state index contributed by atoms with van der Waals surface area (Å²) in [6.45, 7) is 6.30. The van der Waals surface area contributed by atoms with Crippen LogP contribution in [0.2, 0.25) is 0 Å². The van der Waals surface area contributed by atoms with Crippen molar-refractivity contribution < 1.29 is 19.1 Å². The lowest BCUT2D eigenvalue weighted by Crippen LogP contribution is -2.47. The van der Waals surface area contributed by atoms with E-state index in [-0.39, 0.29) is 11.8 Å². The standard InChI is InChI=1S/C26H31N3O4/c1-4-12-29-25(30)23(20-10-11-21(32-2)22(17-20)33-3)24(26(29)31)28-15-13-27(14-16-28)18-19-8-6-5-7-9-19/h5-11,17H,4,12-16,18H2,1-3H3. The topological polar surface area (TPSA) is 62.3 Å². The average molecular weight is 450 g/mol. The highest BCUT2D eigenvalue weighted by Gasteiger charge is 2.41. The van der Waals surface area contributed by atoms with E-state index in [1.165, 1.54) is 10.5 Å². The monoisotopic (exact) mass is 449 g/mol. The molecule has 2 aromatic carbocycles. The first-order chi connectivity index (χ1) is 16.1. The highest BCUT2D eigenvalue weighted by atomic mass is 16.5. The molecule has 2 aliphatic heterocycles. The Labute approximate surface area is 195 Å². The van der Waals surface area contributed by atoms with Gasteiger partial charge in [0.05, 0.1) is 19.8 Å². The minimum absolute atomic E-state index is 0.205. The molecule has 0 bridgehead atoms. The molecule has 0 aromatic heterocycles. The van der Waals surface area contributed by atoms with E-state index < -0.39 is 0 Å². The van der Waals surface area contributed by atoms with Crippen molar-refractivity contribution in [2.75, 3.05) is 46.9 Å². The van der Waals surface area contributed by atoms with Gasteiger partial charge < -0.3 is 14.4 Å². The minimum Gasteiger partial charge on any atom is -0.493 e. The fourth-order valence-corrected chi connectivity index (χ4v) is 4.51. The molecule has 0 spiro atoms. The summed E-state index contributed by atoms with van der Waals surface area (Å²) in [4.78, 5) is 32.6. The van der Waals surface area contributed by atoms with Gasteiger partial charge in [0.25, 0.3) is 11.8 Å². The summed E-state index contributed by atoms with van der Waals surface area (Å²) in [6, 6.07) is 15.8. The van der Waals surface area contributed by atoms with Crippen LogP contribution in [-0.2, 0) is 16.1 Å². The molecule has 1 fully saturated rings. The van der Waals surface area contributed by atoms with E-state index in [1.807, 2.05) is 19.1 Å². The van der Waals surface area contributed by atoms with Crippen molar-refractivity contribution in [1.29, 1.82) is 0 Å². The number of amides is 2. The highest BCUT2D eigenvalue weighted by molar-refractivity contribution is 6.35. The Morgan fingerprint density at radius 2 is 1.55 bits per heavy atom. The molecule has 1 saturated heterocycles. The van der Waals surface area contributed by atoms with Gasteiger partial charge in [-0.1, -0.05) is 43.3 Å². The summed E-state index contributed by atoms with van der Waals surface area (Å²) < 4.78 is 10.8. The summed E-state index contributed by atoms with van der Waals surface area (Å²) >= 11 is 0. The van der Waals surface area contributed by atoms with Crippen LogP contribution < -0.4 is 9.47 Å². The normalized spacial score (nSPS) is 17.2. The maximum atomic E-state index is 13.4. The largest absolute Gasteiger partial charge is 0.493 e. The molecule has 174 valence electrons. The first kappa shape index (κ1) is 22.9. The average Bonchev–Trinajstić information content (AvgIpc) is 3.10. The van der Waals surface area contributed by atoms with Crippen molar-refractivity contribution in [3.63, 3.8) is 0 Å². The van der Waals surface area contributed by atoms with Crippen LogP contribution in [-0.4, -0.2) is 73.5 Å². The molecule has 2 aliphatic rings. The van der Waals surface area contributed by atoms with Gasteiger partial charge in [-0.15, -0.1) is 0 Å². The third-order valence-corrected chi connectivity index (χ3v) is 6.20. The number of hydrogen-bond donors (Lipinski definition) is 0. The number of carbonyl (C=O) groups excluding carboxylic acids is 2. The Balaban J connectivity index is 1.62. The van der Waals surface area contributed by atoms with Crippen LogP contribution >= 0.6 is 0 Å². The van der Waals surface area contributed by atoms with E-state index in [1.54, 1.807) is 26.4 Å². The molecule has 7 heteroatoms. The second-order valence-corrected chi connectivity index (χ2v) is 8.30. The van der Waals surface area contributed by atoms with Crippen LogP contribution in [0.4, 0.5) is 0 Å². The number of nitrogens with zero attached hydrogens (tertiary/aromatic N) is 3. The zero-order valence-corrected chi connectivity index (χ0v) is 19.5. The number of hydrogen-bond acceptors (Lipinski definition) is 6. The van der Waals surface area contributed by atoms with E-state index in [0.717, 1.165) is 26.1 Å². The first-order valence-electron chi connectivity index (χ1n) is 11.4. The second-order valence-electron chi connectivity index (χ2n) is 8.30.